The van der Waals surface area contributed by atoms with Crippen LogP contribution in [0, 0.1) is 0 Å². The molecule has 2 nitrogen and oxygen atoms in total. The fraction of sp³-hybridized carbons (Fsp3) is 0.200. The molecule has 0 aromatic heterocycles. The molecule has 0 aliphatic heterocycles. The van der Waals surface area contributed by atoms with Crippen molar-refractivity contribution < 1.29 is 5.11 Å². The highest BCUT2D eigenvalue weighted by Crippen LogP contribution is 2.17. The minimum atomic E-state index is -0.0110. The molecule has 0 unspecified atom stereocenters. The van der Waals surface area contributed by atoms with Crippen molar-refractivity contribution in [1.29, 1.82) is 0 Å². The lowest BCUT2D eigenvalue weighted by Crippen LogP contribution is -2.08. The average molecular weight is 200 g/mol. The summed E-state index contributed by atoms with van der Waals surface area (Å²) in [6.45, 7) is 3.61. The van der Waals surface area contributed by atoms with Crippen molar-refractivity contribution in [2.24, 2.45) is 5.73 Å². The van der Waals surface area contributed by atoms with Gasteiger partial charge in [-0.3, -0.25) is 0 Å². The van der Waals surface area contributed by atoms with Crippen LogP contribution in [0.1, 0.15) is 18.0 Å². The van der Waals surface area contributed by atoms with Crippen molar-refractivity contribution in [2.75, 3.05) is 0 Å². The van der Waals surface area contributed by atoms with E-state index in [2.05, 4.69) is 6.58 Å². The van der Waals surface area contributed by atoms with Gasteiger partial charge in [0.15, 0.2) is 0 Å². The molecule has 13 heavy (non-hydrogen) atoms. The Morgan fingerprint density at radius 2 is 1.92 bits per heavy atom. The maximum Gasteiger partial charge on any atom is 0.115 e. The van der Waals surface area contributed by atoms with Crippen LogP contribution in [0.25, 0.3) is 0 Å². The zero-order valence-corrected chi connectivity index (χ0v) is 8.13. The molecule has 0 aliphatic carbocycles. The molecule has 0 saturated carbocycles. The normalized spacial score (nSPS) is 11.5. The number of phenolic OH excluding ortho intramolecular Hbond substituents is 1. The van der Waals surface area contributed by atoms with Gasteiger partial charge in [0.25, 0.3) is 0 Å². The van der Waals surface area contributed by atoms with E-state index in [9.17, 15) is 0 Å². The van der Waals surface area contributed by atoms with Gasteiger partial charge in [0.2, 0.25) is 0 Å². The molecular weight excluding hydrogens is 186 g/mol. The molecule has 72 valence electrons. The molecule has 0 aliphatic rings. The molecule has 1 rings (SSSR count). The number of halogens is 1. The van der Waals surface area contributed by atoms with Crippen LogP contribution in [0.2, 0.25) is 0 Å². The predicted octanol–water partition coefficient (Wildman–Crippen LogP) is 2.39. The highest BCUT2D eigenvalue weighted by atomic mass is 35.5. The minimum absolute atomic E-state index is 0. The number of hydrogen-bond donors (Lipinski definition) is 2. The van der Waals surface area contributed by atoms with Crippen LogP contribution in [0.4, 0.5) is 0 Å². The maximum absolute atomic E-state index is 9.01. The first-order valence-corrected chi connectivity index (χ1v) is 3.89. The van der Waals surface area contributed by atoms with E-state index in [1.165, 1.54) is 0 Å². The van der Waals surface area contributed by atoms with E-state index in [4.69, 9.17) is 10.8 Å². The first-order chi connectivity index (χ1) is 5.74. The van der Waals surface area contributed by atoms with Crippen LogP contribution >= 0.6 is 12.4 Å². The predicted molar refractivity (Wildman–Crippen MR) is 57.1 cm³/mol. The van der Waals surface area contributed by atoms with E-state index in [-0.39, 0.29) is 24.2 Å². The van der Waals surface area contributed by atoms with Crippen molar-refractivity contribution in [1.82, 2.24) is 0 Å². The smallest absolute Gasteiger partial charge is 0.115 e. The van der Waals surface area contributed by atoms with Crippen LogP contribution in [-0.4, -0.2) is 5.11 Å². The van der Waals surface area contributed by atoms with Crippen molar-refractivity contribution in [3.05, 3.63) is 42.5 Å². The highest BCUT2D eigenvalue weighted by molar-refractivity contribution is 5.85. The van der Waals surface area contributed by atoms with Crippen LogP contribution in [0.5, 0.6) is 5.75 Å². The number of phenols is 1. The van der Waals surface area contributed by atoms with Crippen molar-refractivity contribution in [3.8, 4) is 5.75 Å². The highest BCUT2D eigenvalue weighted by Gasteiger charge is 2.02. The minimum Gasteiger partial charge on any atom is -0.508 e. The quantitative estimate of drug-likeness (QED) is 0.735. The van der Waals surface area contributed by atoms with Gasteiger partial charge in [0, 0.05) is 6.04 Å². The van der Waals surface area contributed by atoms with Gasteiger partial charge >= 0.3 is 0 Å². The molecule has 0 heterocycles. The maximum atomic E-state index is 9.01. The molecule has 1 aromatic rings. The molecule has 0 bridgehead atoms. The Balaban J connectivity index is 0.00000144. The SMILES string of the molecule is C=CC[C@H](N)c1ccc(O)cc1.Cl. The Hall–Kier alpha value is -0.990. The van der Waals surface area contributed by atoms with E-state index in [0.29, 0.717) is 0 Å². The molecule has 0 saturated heterocycles. The summed E-state index contributed by atoms with van der Waals surface area (Å²) < 4.78 is 0. The number of aromatic hydroxyl groups is 1. The Morgan fingerprint density at radius 1 is 1.38 bits per heavy atom. The van der Waals surface area contributed by atoms with Gasteiger partial charge in [-0.2, -0.15) is 0 Å². The number of benzene rings is 1. The second-order valence-electron chi connectivity index (χ2n) is 2.72. The van der Waals surface area contributed by atoms with Gasteiger partial charge in [-0.25, -0.2) is 0 Å². The van der Waals surface area contributed by atoms with E-state index >= 15 is 0 Å². The molecule has 3 heteroatoms. The number of rotatable bonds is 3. The van der Waals surface area contributed by atoms with E-state index in [1.807, 2.05) is 12.1 Å². The summed E-state index contributed by atoms with van der Waals surface area (Å²) in [6, 6.07) is 6.91. The lowest BCUT2D eigenvalue weighted by atomic mass is 10.1. The summed E-state index contributed by atoms with van der Waals surface area (Å²) in [5.41, 5.74) is 6.82. The fourth-order valence-electron chi connectivity index (χ4n) is 1.04. The summed E-state index contributed by atoms with van der Waals surface area (Å²) in [4.78, 5) is 0. The molecule has 0 spiro atoms. The zero-order chi connectivity index (χ0) is 8.97. The van der Waals surface area contributed by atoms with Crippen molar-refractivity contribution in [3.63, 3.8) is 0 Å². The van der Waals surface area contributed by atoms with E-state index < -0.39 is 0 Å². The van der Waals surface area contributed by atoms with Crippen molar-refractivity contribution >= 4 is 12.4 Å². The summed E-state index contributed by atoms with van der Waals surface area (Å²) in [5, 5.41) is 9.01. The first-order valence-electron chi connectivity index (χ1n) is 3.89. The van der Waals surface area contributed by atoms with Gasteiger partial charge in [0.05, 0.1) is 0 Å². The Morgan fingerprint density at radius 3 is 2.38 bits per heavy atom. The summed E-state index contributed by atoms with van der Waals surface area (Å²) in [5.74, 6) is 0.268. The molecule has 1 aromatic carbocycles. The Bertz CT molecular complexity index is 258. The average Bonchev–Trinajstić information content (AvgIpc) is 2.06. The van der Waals surface area contributed by atoms with E-state index in [0.717, 1.165) is 12.0 Å². The van der Waals surface area contributed by atoms with Gasteiger partial charge < -0.3 is 10.8 Å². The monoisotopic (exact) mass is 199 g/mol. The zero-order valence-electron chi connectivity index (χ0n) is 7.31. The second-order valence-corrected chi connectivity index (χ2v) is 2.72. The molecule has 0 fully saturated rings. The summed E-state index contributed by atoms with van der Waals surface area (Å²) in [7, 11) is 0. The summed E-state index contributed by atoms with van der Waals surface area (Å²) >= 11 is 0. The first kappa shape index (κ1) is 12.0. The number of nitrogens with two attached hydrogens (primary N) is 1. The lowest BCUT2D eigenvalue weighted by Gasteiger charge is -2.08. The van der Waals surface area contributed by atoms with E-state index in [1.54, 1.807) is 18.2 Å². The van der Waals surface area contributed by atoms with Crippen molar-refractivity contribution in [2.45, 2.75) is 12.5 Å². The molecule has 0 radical (unpaired) electrons. The number of hydrogen-bond acceptors (Lipinski definition) is 2. The lowest BCUT2D eigenvalue weighted by molar-refractivity contribution is 0.475. The van der Waals surface area contributed by atoms with Gasteiger partial charge in [0.1, 0.15) is 5.75 Å². The van der Waals surface area contributed by atoms with Gasteiger partial charge in [-0.15, -0.1) is 19.0 Å². The Labute approximate surface area is 84.5 Å². The third-order valence-corrected chi connectivity index (χ3v) is 1.74. The van der Waals surface area contributed by atoms with Crippen LogP contribution in [0.15, 0.2) is 36.9 Å². The molecule has 3 N–H and O–H groups in total. The third kappa shape index (κ3) is 3.49. The second kappa shape index (κ2) is 5.62. The van der Waals surface area contributed by atoms with Crippen LogP contribution in [0.3, 0.4) is 0 Å². The van der Waals surface area contributed by atoms with Gasteiger partial charge in [-0.1, -0.05) is 18.2 Å². The standard InChI is InChI=1S/C10H13NO.ClH/c1-2-3-10(11)8-4-6-9(12)7-5-8;/h2,4-7,10,12H,1,3,11H2;1H/t10-;/m0./s1. The molecule has 0 amide bonds. The largest absolute Gasteiger partial charge is 0.508 e. The Kier molecular flexibility index (Phi) is 5.19. The molecular formula is C10H14ClNO. The third-order valence-electron chi connectivity index (χ3n) is 1.74. The van der Waals surface area contributed by atoms with Crippen LogP contribution < -0.4 is 5.73 Å². The summed E-state index contributed by atoms with van der Waals surface area (Å²) in [6.07, 6.45) is 2.54. The molecule has 1 atom stereocenters. The van der Waals surface area contributed by atoms with Crippen LogP contribution in [-0.2, 0) is 0 Å². The fourth-order valence-corrected chi connectivity index (χ4v) is 1.04. The topological polar surface area (TPSA) is 46.2 Å². The van der Waals surface area contributed by atoms with Gasteiger partial charge in [-0.05, 0) is 24.1 Å².